The highest BCUT2D eigenvalue weighted by Gasteiger charge is 2.15. The van der Waals surface area contributed by atoms with Gasteiger partial charge in [-0.1, -0.05) is 0 Å². The molecule has 0 atom stereocenters. The second-order valence-corrected chi connectivity index (χ2v) is 6.55. The molecule has 4 heterocycles. The van der Waals surface area contributed by atoms with Crippen molar-refractivity contribution in [2.24, 2.45) is 0 Å². The van der Waals surface area contributed by atoms with Crippen molar-refractivity contribution in [3.63, 3.8) is 0 Å². The summed E-state index contributed by atoms with van der Waals surface area (Å²) >= 11 is 0. The highest BCUT2D eigenvalue weighted by Crippen LogP contribution is 2.15. The number of H-pyrrole nitrogens is 1. The van der Waals surface area contributed by atoms with Gasteiger partial charge < -0.3 is 5.32 Å². The van der Waals surface area contributed by atoms with Gasteiger partial charge in [0.05, 0.1) is 13.0 Å². The maximum atomic E-state index is 12.5. The SMILES string of the molecule is Cc1nc2cc(=O)[nH]n2c(C)c1CC(=O)Nc1ccn(Cc2ccncc2)n1. The van der Waals surface area contributed by atoms with Crippen molar-refractivity contribution < 1.29 is 4.79 Å². The third-order valence-corrected chi connectivity index (χ3v) is 4.54. The summed E-state index contributed by atoms with van der Waals surface area (Å²) in [6.45, 7) is 4.28. The molecule has 9 heteroatoms. The molecule has 0 saturated heterocycles. The summed E-state index contributed by atoms with van der Waals surface area (Å²) in [5.41, 5.74) is 3.66. The first kappa shape index (κ1) is 17.7. The number of hydrogen-bond acceptors (Lipinski definition) is 5. The molecule has 0 aliphatic heterocycles. The third-order valence-electron chi connectivity index (χ3n) is 4.54. The number of aromatic nitrogens is 6. The second-order valence-electron chi connectivity index (χ2n) is 6.55. The van der Waals surface area contributed by atoms with Crippen LogP contribution < -0.4 is 10.9 Å². The van der Waals surface area contributed by atoms with Crippen LogP contribution in [0.3, 0.4) is 0 Å². The predicted molar refractivity (Wildman–Crippen MR) is 103 cm³/mol. The van der Waals surface area contributed by atoms with Gasteiger partial charge in [-0.25, -0.2) is 9.50 Å². The van der Waals surface area contributed by atoms with Crippen molar-refractivity contribution in [2.75, 3.05) is 5.32 Å². The van der Waals surface area contributed by atoms with Gasteiger partial charge in [0.25, 0.3) is 5.56 Å². The zero-order valence-corrected chi connectivity index (χ0v) is 15.5. The first-order chi connectivity index (χ1) is 13.5. The van der Waals surface area contributed by atoms with Crippen molar-refractivity contribution in [3.8, 4) is 0 Å². The van der Waals surface area contributed by atoms with Gasteiger partial charge in [-0.05, 0) is 31.5 Å². The lowest BCUT2D eigenvalue weighted by atomic mass is 10.1. The number of anilines is 1. The van der Waals surface area contributed by atoms with Crippen LogP contribution in [-0.4, -0.2) is 35.3 Å². The Balaban J connectivity index is 1.48. The van der Waals surface area contributed by atoms with Crippen LogP contribution in [0.2, 0.25) is 0 Å². The van der Waals surface area contributed by atoms with Crippen LogP contribution in [0, 0.1) is 13.8 Å². The highest BCUT2D eigenvalue weighted by atomic mass is 16.1. The minimum Gasteiger partial charge on any atom is -0.309 e. The predicted octanol–water partition coefficient (Wildman–Crippen LogP) is 1.46. The summed E-state index contributed by atoms with van der Waals surface area (Å²) in [6, 6.07) is 7.02. The molecule has 0 saturated carbocycles. The number of nitrogens with one attached hydrogen (secondary N) is 2. The molecule has 0 aromatic carbocycles. The Kier molecular flexibility index (Phi) is 4.48. The van der Waals surface area contributed by atoms with E-state index in [1.54, 1.807) is 27.7 Å². The number of pyridine rings is 1. The Morgan fingerprint density at radius 1 is 1.21 bits per heavy atom. The van der Waals surface area contributed by atoms with E-state index < -0.39 is 0 Å². The van der Waals surface area contributed by atoms with E-state index in [1.165, 1.54) is 6.07 Å². The van der Waals surface area contributed by atoms with E-state index in [1.807, 2.05) is 32.2 Å². The van der Waals surface area contributed by atoms with Crippen LogP contribution in [0.15, 0.2) is 47.7 Å². The van der Waals surface area contributed by atoms with E-state index >= 15 is 0 Å². The fourth-order valence-electron chi connectivity index (χ4n) is 3.15. The minimum atomic E-state index is -0.226. The lowest BCUT2D eigenvalue weighted by Gasteiger charge is -2.11. The first-order valence-electron chi connectivity index (χ1n) is 8.79. The summed E-state index contributed by atoms with van der Waals surface area (Å²) in [5.74, 6) is 0.286. The monoisotopic (exact) mass is 377 g/mol. The molecule has 0 spiro atoms. The van der Waals surface area contributed by atoms with E-state index in [4.69, 9.17) is 0 Å². The molecule has 142 valence electrons. The molecule has 2 N–H and O–H groups in total. The summed E-state index contributed by atoms with van der Waals surface area (Å²) in [5, 5.41) is 9.88. The molecule has 0 fully saturated rings. The van der Waals surface area contributed by atoms with E-state index in [0.717, 1.165) is 22.5 Å². The quantitative estimate of drug-likeness (QED) is 0.547. The van der Waals surface area contributed by atoms with Crippen molar-refractivity contribution in [1.82, 2.24) is 29.4 Å². The number of hydrogen-bond donors (Lipinski definition) is 2. The standard InChI is InChI=1S/C19H19N7O2/c1-12-15(13(2)26-17(21-12)10-19(28)24-26)9-18(27)22-16-5-8-25(23-16)11-14-3-6-20-7-4-14/h3-8,10H,9,11H2,1-2H3,(H,24,28)(H,22,23,27). The molecule has 0 unspecified atom stereocenters. The maximum absolute atomic E-state index is 12.5. The van der Waals surface area contributed by atoms with Gasteiger partial charge in [0.15, 0.2) is 11.5 Å². The second kappa shape index (κ2) is 7.10. The number of nitrogens with zero attached hydrogens (tertiary/aromatic N) is 5. The summed E-state index contributed by atoms with van der Waals surface area (Å²) in [4.78, 5) is 32.5. The Morgan fingerprint density at radius 2 is 2.00 bits per heavy atom. The number of rotatable bonds is 5. The van der Waals surface area contributed by atoms with Gasteiger partial charge in [0, 0.05) is 47.7 Å². The van der Waals surface area contributed by atoms with Crippen LogP contribution >= 0.6 is 0 Å². The molecule has 4 aromatic heterocycles. The van der Waals surface area contributed by atoms with E-state index in [9.17, 15) is 9.59 Å². The average Bonchev–Trinajstić information content (AvgIpc) is 3.25. The van der Waals surface area contributed by atoms with Crippen LogP contribution in [-0.2, 0) is 17.8 Å². The fraction of sp³-hybridized carbons (Fsp3) is 0.211. The van der Waals surface area contributed by atoms with E-state index in [0.29, 0.717) is 18.0 Å². The lowest BCUT2D eigenvalue weighted by Crippen LogP contribution is -2.18. The first-order valence-corrected chi connectivity index (χ1v) is 8.79. The number of aromatic amines is 1. The van der Waals surface area contributed by atoms with Crippen molar-refractivity contribution in [3.05, 3.63) is 75.7 Å². The minimum absolute atomic E-state index is 0.137. The summed E-state index contributed by atoms with van der Waals surface area (Å²) < 4.78 is 3.35. The van der Waals surface area contributed by atoms with Gasteiger partial charge in [-0.15, -0.1) is 0 Å². The van der Waals surface area contributed by atoms with Crippen LogP contribution in [0.25, 0.3) is 5.65 Å². The van der Waals surface area contributed by atoms with E-state index in [-0.39, 0.29) is 17.9 Å². The zero-order valence-electron chi connectivity index (χ0n) is 15.5. The number of aryl methyl sites for hydroxylation is 2. The molecule has 9 nitrogen and oxygen atoms in total. The Labute approximate surface area is 160 Å². The zero-order chi connectivity index (χ0) is 19.7. The van der Waals surface area contributed by atoms with Gasteiger partial charge >= 0.3 is 0 Å². The fourth-order valence-corrected chi connectivity index (χ4v) is 3.15. The molecule has 28 heavy (non-hydrogen) atoms. The normalized spacial score (nSPS) is 11.1. The molecular formula is C19H19N7O2. The molecule has 0 aliphatic carbocycles. The van der Waals surface area contributed by atoms with Crippen LogP contribution in [0.5, 0.6) is 0 Å². The average molecular weight is 377 g/mol. The van der Waals surface area contributed by atoms with Crippen LogP contribution in [0.4, 0.5) is 5.82 Å². The number of amides is 1. The summed E-state index contributed by atoms with van der Waals surface area (Å²) in [6.07, 6.45) is 5.41. The lowest BCUT2D eigenvalue weighted by molar-refractivity contribution is -0.115. The molecular weight excluding hydrogens is 358 g/mol. The van der Waals surface area contributed by atoms with Crippen molar-refractivity contribution in [1.29, 1.82) is 0 Å². The Bertz CT molecular complexity index is 1200. The van der Waals surface area contributed by atoms with Crippen LogP contribution in [0.1, 0.15) is 22.5 Å². The molecule has 4 aromatic rings. The maximum Gasteiger partial charge on any atom is 0.266 e. The van der Waals surface area contributed by atoms with Crippen molar-refractivity contribution >= 4 is 17.4 Å². The van der Waals surface area contributed by atoms with Gasteiger partial charge in [0.2, 0.25) is 5.91 Å². The third kappa shape index (κ3) is 3.54. The molecule has 0 bridgehead atoms. The van der Waals surface area contributed by atoms with Gasteiger partial charge in [0.1, 0.15) is 0 Å². The highest BCUT2D eigenvalue weighted by molar-refractivity contribution is 5.91. The Morgan fingerprint density at radius 3 is 2.79 bits per heavy atom. The number of carbonyl (C=O) groups is 1. The van der Waals surface area contributed by atoms with Gasteiger partial charge in [-0.2, -0.15) is 5.10 Å². The largest absolute Gasteiger partial charge is 0.309 e. The molecule has 0 aliphatic rings. The molecule has 0 radical (unpaired) electrons. The van der Waals surface area contributed by atoms with E-state index in [2.05, 4.69) is 25.5 Å². The number of carbonyl (C=O) groups excluding carboxylic acids is 1. The molecule has 4 rings (SSSR count). The van der Waals surface area contributed by atoms with Gasteiger partial charge in [-0.3, -0.25) is 24.4 Å². The number of fused-ring (bicyclic) bond motifs is 1. The smallest absolute Gasteiger partial charge is 0.266 e. The summed E-state index contributed by atoms with van der Waals surface area (Å²) in [7, 11) is 0. The topological polar surface area (TPSA) is 110 Å². The van der Waals surface area contributed by atoms with Crippen molar-refractivity contribution in [2.45, 2.75) is 26.8 Å². The molecule has 1 amide bonds. The Hall–Kier alpha value is -3.75.